The molecule has 2 nitrogen and oxygen atoms in total. The van der Waals surface area contributed by atoms with Gasteiger partial charge in [-0.2, -0.15) is 5.26 Å². The first-order chi connectivity index (χ1) is 10.6. The highest BCUT2D eigenvalue weighted by Gasteiger charge is 2.12. The summed E-state index contributed by atoms with van der Waals surface area (Å²) in [5.41, 5.74) is 0. The Balaban J connectivity index is 3.13. The molecule has 0 aliphatic heterocycles. The summed E-state index contributed by atoms with van der Waals surface area (Å²) in [4.78, 5) is 0. The fourth-order valence-electron chi connectivity index (χ4n) is 3.00. The highest BCUT2D eigenvalue weighted by Crippen LogP contribution is 2.13. The molecule has 2 heteroatoms. The molecule has 0 rings (SSSR count). The smallest absolute Gasteiger partial charge is 0.166 e. The van der Waals surface area contributed by atoms with Crippen molar-refractivity contribution < 1.29 is 4.48 Å². The number of quaternary nitrogens is 1. The van der Waals surface area contributed by atoms with Crippen molar-refractivity contribution in [1.29, 1.82) is 5.26 Å². The Labute approximate surface area is 140 Å². The molecule has 0 aromatic rings. The molecule has 0 heterocycles. The second-order valence-corrected chi connectivity index (χ2v) is 7.57. The molecule has 0 atom stereocenters. The second kappa shape index (κ2) is 15.3. The zero-order chi connectivity index (χ0) is 16.5. The Morgan fingerprint density at radius 1 is 0.636 bits per heavy atom. The number of nitriles is 1. The zero-order valence-electron chi connectivity index (χ0n) is 15.7. The Kier molecular flexibility index (Phi) is 15.0. The third-order valence-electron chi connectivity index (χ3n) is 4.62. The molecule has 0 spiro atoms. The van der Waals surface area contributed by atoms with Crippen molar-refractivity contribution in [3.63, 3.8) is 0 Å². The lowest BCUT2D eigenvalue weighted by molar-refractivity contribution is -0.883. The van der Waals surface area contributed by atoms with E-state index >= 15 is 0 Å². The molecule has 0 N–H and O–H groups in total. The Morgan fingerprint density at radius 2 is 1.00 bits per heavy atom. The molecule has 0 radical (unpaired) electrons. The van der Waals surface area contributed by atoms with Gasteiger partial charge in [0, 0.05) is 0 Å². The number of nitrogens with zero attached hydrogens (tertiary/aromatic N) is 2. The fraction of sp³-hybridized carbons (Fsp3) is 0.950. The maximum absolute atomic E-state index is 8.75. The van der Waals surface area contributed by atoms with Gasteiger partial charge in [0.05, 0.1) is 20.6 Å². The summed E-state index contributed by atoms with van der Waals surface area (Å²) in [5, 5.41) is 8.75. The largest absolute Gasteiger partial charge is 0.317 e. The Morgan fingerprint density at radius 3 is 1.36 bits per heavy atom. The molecule has 0 bridgehead atoms. The van der Waals surface area contributed by atoms with Gasteiger partial charge in [-0.1, -0.05) is 84.0 Å². The maximum Gasteiger partial charge on any atom is 0.166 e. The lowest BCUT2D eigenvalue weighted by atomic mass is 10.0. The summed E-state index contributed by atoms with van der Waals surface area (Å²) in [6.07, 6.45) is 19.7. The SMILES string of the molecule is CCCCCCCCCCCCCCCC[N+](C)(C)CC#N. The molecule has 0 aromatic carbocycles. The molecule has 22 heavy (non-hydrogen) atoms. The van der Waals surface area contributed by atoms with Gasteiger partial charge in [-0.15, -0.1) is 0 Å². The zero-order valence-corrected chi connectivity index (χ0v) is 15.7. The van der Waals surface area contributed by atoms with Crippen LogP contribution in [-0.2, 0) is 0 Å². The average molecular weight is 310 g/mol. The summed E-state index contributed by atoms with van der Waals surface area (Å²) in [5.74, 6) is 0. The van der Waals surface area contributed by atoms with E-state index in [1.165, 1.54) is 89.9 Å². The quantitative estimate of drug-likeness (QED) is 0.193. The molecular weight excluding hydrogens is 268 g/mol. The topological polar surface area (TPSA) is 23.8 Å². The van der Waals surface area contributed by atoms with Gasteiger partial charge in [-0.25, -0.2) is 0 Å². The highest BCUT2D eigenvalue weighted by atomic mass is 15.3. The van der Waals surface area contributed by atoms with Crippen molar-refractivity contribution in [2.24, 2.45) is 0 Å². The predicted octanol–water partition coefficient (Wildman–Crippen LogP) is 6.07. The fourth-order valence-corrected chi connectivity index (χ4v) is 3.00. The first kappa shape index (κ1) is 21.4. The normalized spacial score (nSPS) is 11.5. The van der Waals surface area contributed by atoms with Crippen LogP contribution in [0.2, 0.25) is 0 Å². The summed E-state index contributed by atoms with van der Waals surface area (Å²) >= 11 is 0. The number of rotatable bonds is 16. The van der Waals surface area contributed by atoms with E-state index in [4.69, 9.17) is 5.26 Å². The van der Waals surface area contributed by atoms with Gasteiger partial charge < -0.3 is 4.48 Å². The van der Waals surface area contributed by atoms with Crippen LogP contribution < -0.4 is 0 Å². The third kappa shape index (κ3) is 15.8. The molecule has 0 aliphatic carbocycles. The molecule has 130 valence electrons. The van der Waals surface area contributed by atoms with Gasteiger partial charge in [-0.3, -0.25) is 0 Å². The molecule has 0 fully saturated rings. The van der Waals surface area contributed by atoms with Crippen molar-refractivity contribution in [2.45, 2.75) is 96.8 Å². The van der Waals surface area contributed by atoms with Crippen LogP contribution in [0.1, 0.15) is 96.8 Å². The molecule has 0 saturated heterocycles. The Bertz CT molecular complexity index is 265. The van der Waals surface area contributed by atoms with Crippen molar-refractivity contribution in [2.75, 3.05) is 27.2 Å². The molecule has 0 aromatic heterocycles. The van der Waals surface area contributed by atoms with Crippen LogP contribution in [0.5, 0.6) is 0 Å². The van der Waals surface area contributed by atoms with Gasteiger partial charge in [0.1, 0.15) is 6.07 Å². The van der Waals surface area contributed by atoms with Gasteiger partial charge in [-0.05, 0) is 12.8 Å². The first-order valence-corrected chi connectivity index (χ1v) is 9.81. The van der Waals surface area contributed by atoms with Gasteiger partial charge in [0.15, 0.2) is 6.54 Å². The van der Waals surface area contributed by atoms with Gasteiger partial charge in [0.2, 0.25) is 0 Å². The van der Waals surface area contributed by atoms with Gasteiger partial charge in [0.25, 0.3) is 0 Å². The lowest BCUT2D eigenvalue weighted by Crippen LogP contribution is -2.40. The average Bonchev–Trinajstić information content (AvgIpc) is 2.47. The Hall–Kier alpha value is -0.550. The molecule has 0 saturated carbocycles. The van der Waals surface area contributed by atoms with E-state index in [9.17, 15) is 0 Å². The maximum atomic E-state index is 8.75. The number of hydrogen-bond acceptors (Lipinski definition) is 1. The van der Waals surface area contributed by atoms with Crippen LogP contribution in [0.25, 0.3) is 0 Å². The van der Waals surface area contributed by atoms with Crippen LogP contribution in [0.4, 0.5) is 0 Å². The molecule has 0 unspecified atom stereocenters. The van der Waals surface area contributed by atoms with Crippen LogP contribution in [-0.4, -0.2) is 31.7 Å². The van der Waals surface area contributed by atoms with Crippen LogP contribution in [0.3, 0.4) is 0 Å². The van der Waals surface area contributed by atoms with E-state index in [0.29, 0.717) is 6.54 Å². The highest BCUT2D eigenvalue weighted by molar-refractivity contribution is 4.66. The van der Waals surface area contributed by atoms with E-state index in [2.05, 4.69) is 27.1 Å². The van der Waals surface area contributed by atoms with Crippen molar-refractivity contribution in [3.05, 3.63) is 0 Å². The minimum Gasteiger partial charge on any atom is -0.317 e. The summed E-state index contributed by atoms with van der Waals surface area (Å²) in [6, 6.07) is 2.28. The van der Waals surface area contributed by atoms with Crippen LogP contribution >= 0.6 is 0 Å². The number of unbranched alkanes of at least 4 members (excludes halogenated alkanes) is 13. The van der Waals surface area contributed by atoms with Crippen molar-refractivity contribution >= 4 is 0 Å². The molecular formula is C20H41N2+. The van der Waals surface area contributed by atoms with E-state index in [0.717, 1.165) is 11.0 Å². The first-order valence-electron chi connectivity index (χ1n) is 9.81. The molecule has 0 aliphatic rings. The van der Waals surface area contributed by atoms with Crippen LogP contribution in [0.15, 0.2) is 0 Å². The van der Waals surface area contributed by atoms with E-state index in [1.807, 2.05) is 0 Å². The summed E-state index contributed by atoms with van der Waals surface area (Å²) < 4.78 is 0.856. The van der Waals surface area contributed by atoms with E-state index in [-0.39, 0.29) is 0 Å². The predicted molar refractivity (Wildman–Crippen MR) is 97.8 cm³/mol. The number of hydrogen-bond donors (Lipinski definition) is 0. The summed E-state index contributed by atoms with van der Waals surface area (Å²) in [7, 11) is 4.32. The van der Waals surface area contributed by atoms with Crippen molar-refractivity contribution in [1.82, 2.24) is 0 Å². The second-order valence-electron chi connectivity index (χ2n) is 7.57. The lowest BCUT2D eigenvalue weighted by Gasteiger charge is -2.26. The third-order valence-corrected chi connectivity index (χ3v) is 4.62. The minimum atomic E-state index is 0.637. The summed E-state index contributed by atoms with van der Waals surface area (Å²) in [6.45, 7) is 4.07. The van der Waals surface area contributed by atoms with Crippen molar-refractivity contribution in [3.8, 4) is 6.07 Å². The van der Waals surface area contributed by atoms with Gasteiger partial charge >= 0.3 is 0 Å². The van der Waals surface area contributed by atoms with E-state index in [1.54, 1.807) is 0 Å². The standard InChI is InChI=1S/C20H41N2/c1-4-5-6-7-8-9-10-11-12-13-14-15-16-17-19-22(2,3)20-18-21/h4-17,19-20H2,1-3H3/q+1. The van der Waals surface area contributed by atoms with E-state index < -0.39 is 0 Å². The molecule has 0 amide bonds. The monoisotopic (exact) mass is 309 g/mol. The van der Waals surface area contributed by atoms with Crippen LogP contribution in [0, 0.1) is 11.3 Å². The minimum absolute atomic E-state index is 0.637.